The molecule has 2 aromatic rings. The van der Waals surface area contributed by atoms with Gasteiger partial charge < -0.3 is 10.1 Å². The van der Waals surface area contributed by atoms with E-state index >= 15 is 0 Å². The molecular formula is C17H23N3O2S2. The molecule has 0 bridgehead atoms. The fourth-order valence-corrected chi connectivity index (χ4v) is 3.71. The second kappa shape index (κ2) is 11.0. The number of ether oxygens (including phenoxy) is 1. The fraction of sp³-hybridized carbons (Fsp3) is 0.471. The molecule has 0 unspecified atom stereocenters. The first kappa shape index (κ1) is 18.7. The molecule has 0 saturated carbocycles. The quantitative estimate of drug-likeness (QED) is 0.358. The molecule has 0 aliphatic carbocycles. The van der Waals surface area contributed by atoms with Crippen LogP contribution >= 0.6 is 23.1 Å². The van der Waals surface area contributed by atoms with Gasteiger partial charge in [0.15, 0.2) is 4.34 Å². The third kappa shape index (κ3) is 7.31. The molecule has 1 amide bonds. The van der Waals surface area contributed by atoms with Crippen LogP contribution in [-0.2, 0) is 4.79 Å². The Hall–Kier alpha value is -1.60. The Bertz CT molecular complexity index is 605. The molecule has 1 heterocycles. The predicted octanol–water partition coefficient (Wildman–Crippen LogP) is 4.62. The number of unbranched alkanes of at least 4 members (excludes halogenated alkanes) is 2. The molecule has 1 N–H and O–H groups in total. The van der Waals surface area contributed by atoms with Gasteiger partial charge in [0.25, 0.3) is 0 Å². The Labute approximate surface area is 151 Å². The number of carbonyl (C=O) groups is 1. The van der Waals surface area contributed by atoms with E-state index in [0.717, 1.165) is 41.5 Å². The number of carbonyl (C=O) groups excluding carboxylic acids is 1. The summed E-state index contributed by atoms with van der Waals surface area (Å²) in [4.78, 5) is 11.7. The number of aromatic nitrogens is 2. The topological polar surface area (TPSA) is 64.1 Å². The zero-order valence-corrected chi connectivity index (χ0v) is 15.5. The molecule has 0 spiro atoms. The first-order chi connectivity index (χ1) is 11.8. The monoisotopic (exact) mass is 365 g/mol. The van der Waals surface area contributed by atoms with Crippen molar-refractivity contribution in [1.29, 1.82) is 0 Å². The molecule has 1 aromatic heterocycles. The van der Waals surface area contributed by atoms with Crippen LogP contribution in [0.2, 0.25) is 0 Å². The van der Waals surface area contributed by atoms with Crippen LogP contribution in [0.4, 0.5) is 5.13 Å². The number of hydrogen-bond acceptors (Lipinski definition) is 6. The van der Waals surface area contributed by atoms with Crippen LogP contribution in [0, 0.1) is 0 Å². The molecule has 0 aliphatic rings. The highest BCUT2D eigenvalue weighted by molar-refractivity contribution is 8.01. The predicted molar refractivity (Wildman–Crippen MR) is 100.0 cm³/mol. The Morgan fingerprint density at radius 3 is 2.83 bits per heavy atom. The fourth-order valence-electron chi connectivity index (χ4n) is 1.96. The Balaban J connectivity index is 1.60. The smallest absolute Gasteiger partial charge is 0.226 e. The average Bonchev–Trinajstić information content (AvgIpc) is 3.03. The molecule has 0 saturated heterocycles. The van der Waals surface area contributed by atoms with E-state index in [1.807, 2.05) is 30.3 Å². The standard InChI is InChI=1S/C17H23N3O2S2/c1-2-3-5-11-15(21)18-16-19-20-17(24-16)23-13-8-12-22-14-9-6-4-7-10-14/h4,6-7,9-10H,2-3,5,8,11-13H2,1H3,(H,18,19,21). The SMILES string of the molecule is CCCCCC(=O)Nc1nnc(SCCCOc2ccccc2)s1. The van der Waals surface area contributed by atoms with Crippen LogP contribution in [0.5, 0.6) is 5.75 Å². The lowest BCUT2D eigenvalue weighted by Gasteiger charge is -2.04. The molecule has 7 heteroatoms. The number of rotatable bonds is 11. The maximum Gasteiger partial charge on any atom is 0.226 e. The van der Waals surface area contributed by atoms with Gasteiger partial charge in [-0.1, -0.05) is 61.1 Å². The molecule has 0 atom stereocenters. The molecule has 2 rings (SSSR count). The summed E-state index contributed by atoms with van der Waals surface area (Å²) in [6.45, 7) is 2.80. The zero-order chi connectivity index (χ0) is 17.0. The number of nitrogens with one attached hydrogen (secondary N) is 1. The second-order valence-corrected chi connectivity index (χ2v) is 7.56. The van der Waals surface area contributed by atoms with Crippen LogP contribution in [0.15, 0.2) is 34.7 Å². The summed E-state index contributed by atoms with van der Waals surface area (Å²) in [5.41, 5.74) is 0. The van der Waals surface area contributed by atoms with Crippen molar-refractivity contribution in [2.24, 2.45) is 0 Å². The van der Waals surface area contributed by atoms with Crippen LogP contribution in [0.25, 0.3) is 0 Å². The first-order valence-corrected chi connectivity index (χ1v) is 10.0. The third-order valence-corrected chi connectivity index (χ3v) is 5.24. The van der Waals surface area contributed by atoms with Gasteiger partial charge in [0.1, 0.15) is 5.75 Å². The molecule has 5 nitrogen and oxygen atoms in total. The minimum absolute atomic E-state index is 0.0208. The highest BCUT2D eigenvalue weighted by atomic mass is 32.2. The van der Waals surface area contributed by atoms with Gasteiger partial charge in [-0.15, -0.1) is 10.2 Å². The summed E-state index contributed by atoms with van der Waals surface area (Å²) >= 11 is 3.06. The number of thioether (sulfide) groups is 1. The van der Waals surface area contributed by atoms with Crippen molar-refractivity contribution in [1.82, 2.24) is 10.2 Å². The van der Waals surface area contributed by atoms with Crippen LogP contribution < -0.4 is 10.1 Å². The van der Waals surface area contributed by atoms with Gasteiger partial charge in [0.2, 0.25) is 11.0 Å². The lowest BCUT2D eigenvalue weighted by atomic mass is 10.2. The van der Waals surface area contributed by atoms with E-state index in [9.17, 15) is 4.79 Å². The highest BCUT2D eigenvalue weighted by Crippen LogP contribution is 2.26. The molecule has 1 aromatic carbocycles. The molecular weight excluding hydrogens is 342 g/mol. The highest BCUT2D eigenvalue weighted by Gasteiger charge is 2.08. The lowest BCUT2D eigenvalue weighted by molar-refractivity contribution is -0.116. The van der Waals surface area contributed by atoms with E-state index < -0.39 is 0 Å². The van der Waals surface area contributed by atoms with Gasteiger partial charge in [-0.3, -0.25) is 4.79 Å². The van der Waals surface area contributed by atoms with Crippen molar-refractivity contribution in [2.45, 2.75) is 43.4 Å². The number of anilines is 1. The van der Waals surface area contributed by atoms with Crippen molar-refractivity contribution in [3.8, 4) is 5.75 Å². The Morgan fingerprint density at radius 2 is 2.04 bits per heavy atom. The van der Waals surface area contributed by atoms with Crippen molar-refractivity contribution >= 4 is 34.1 Å². The summed E-state index contributed by atoms with van der Waals surface area (Å²) in [6.07, 6.45) is 4.59. The molecule has 24 heavy (non-hydrogen) atoms. The summed E-state index contributed by atoms with van der Waals surface area (Å²) in [6, 6.07) is 9.80. The Kier molecular flexibility index (Phi) is 8.62. The van der Waals surface area contributed by atoms with Crippen molar-refractivity contribution in [2.75, 3.05) is 17.7 Å². The van der Waals surface area contributed by atoms with Crippen LogP contribution in [0.1, 0.15) is 39.0 Å². The summed E-state index contributed by atoms with van der Waals surface area (Å²) in [5, 5.41) is 11.5. The second-order valence-electron chi connectivity index (χ2n) is 5.24. The third-order valence-electron chi connectivity index (χ3n) is 3.19. The number of hydrogen-bond donors (Lipinski definition) is 1. The number of benzene rings is 1. The lowest BCUT2D eigenvalue weighted by Crippen LogP contribution is -2.10. The van der Waals surface area contributed by atoms with Crippen molar-refractivity contribution in [3.05, 3.63) is 30.3 Å². The van der Waals surface area contributed by atoms with Gasteiger partial charge >= 0.3 is 0 Å². The van der Waals surface area contributed by atoms with E-state index in [0.29, 0.717) is 18.2 Å². The van der Waals surface area contributed by atoms with E-state index in [4.69, 9.17) is 4.74 Å². The first-order valence-electron chi connectivity index (χ1n) is 8.22. The molecule has 130 valence electrons. The average molecular weight is 366 g/mol. The van der Waals surface area contributed by atoms with Gasteiger partial charge in [-0.25, -0.2) is 0 Å². The molecule has 0 aliphatic heterocycles. The van der Waals surface area contributed by atoms with Gasteiger partial charge in [-0.05, 0) is 25.0 Å². The van der Waals surface area contributed by atoms with E-state index in [1.54, 1.807) is 11.8 Å². The number of nitrogens with zero attached hydrogens (tertiary/aromatic N) is 2. The largest absolute Gasteiger partial charge is 0.494 e. The van der Waals surface area contributed by atoms with E-state index in [1.165, 1.54) is 11.3 Å². The minimum atomic E-state index is 0.0208. The summed E-state index contributed by atoms with van der Waals surface area (Å²) in [5.74, 6) is 1.82. The summed E-state index contributed by atoms with van der Waals surface area (Å²) in [7, 11) is 0. The van der Waals surface area contributed by atoms with Crippen molar-refractivity contribution in [3.63, 3.8) is 0 Å². The van der Waals surface area contributed by atoms with Crippen LogP contribution in [-0.4, -0.2) is 28.5 Å². The normalized spacial score (nSPS) is 10.5. The zero-order valence-electron chi connectivity index (χ0n) is 13.9. The van der Waals surface area contributed by atoms with Gasteiger partial charge in [-0.2, -0.15) is 0 Å². The summed E-state index contributed by atoms with van der Waals surface area (Å²) < 4.78 is 6.52. The molecule has 0 radical (unpaired) electrons. The minimum Gasteiger partial charge on any atom is -0.494 e. The van der Waals surface area contributed by atoms with Gasteiger partial charge in [0.05, 0.1) is 6.61 Å². The van der Waals surface area contributed by atoms with E-state index in [-0.39, 0.29) is 5.91 Å². The van der Waals surface area contributed by atoms with Gasteiger partial charge in [0, 0.05) is 12.2 Å². The van der Waals surface area contributed by atoms with E-state index in [2.05, 4.69) is 22.4 Å². The number of amides is 1. The van der Waals surface area contributed by atoms with Crippen LogP contribution in [0.3, 0.4) is 0 Å². The maximum absolute atomic E-state index is 11.7. The van der Waals surface area contributed by atoms with Crippen molar-refractivity contribution < 1.29 is 9.53 Å². The Morgan fingerprint density at radius 1 is 1.21 bits per heavy atom. The molecule has 0 fully saturated rings. The maximum atomic E-state index is 11.7. The number of para-hydroxylation sites is 1.